The zero-order valence-corrected chi connectivity index (χ0v) is 19.0. The highest BCUT2D eigenvalue weighted by Crippen LogP contribution is 2.29. The highest BCUT2D eigenvalue weighted by molar-refractivity contribution is 5.79. The van der Waals surface area contributed by atoms with Gasteiger partial charge in [0.1, 0.15) is 11.6 Å². The quantitative estimate of drug-likeness (QED) is 0.524. The largest absolute Gasteiger partial charge is 0.495 e. The second-order valence-corrected chi connectivity index (χ2v) is 7.82. The van der Waals surface area contributed by atoms with Gasteiger partial charge in [-0.3, -0.25) is 14.2 Å². The molecule has 1 unspecified atom stereocenters. The molecule has 6 nitrogen and oxygen atoms in total. The van der Waals surface area contributed by atoms with Crippen LogP contribution >= 0.6 is 0 Å². The molecule has 0 radical (unpaired) electrons. The number of hydrogen-bond acceptors (Lipinski definition) is 4. The normalized spacial score (nSPS) is 12.0. The third-order valence-electron chi connectivity index (χ3n) is 5.47. The van der Waals surface area contributed by atoms with Crippen LogP contribution in [-0.2, 0) is 4.79 Å². The van der Waals surface area contributed by atoms with Crippen LogP contribution in [-0.4, -0.2) is 34.0 Å². The first-order valence-electron chi connectivity index (χ1n) is 10.9. The Labute approximate surface area is 183 Å². The molecule has 0 spiro atoms. The average molecular weight is 422 g/mol. The minimum atomic E-state index is -0.374. The second kappa shape index (κ2) is 9.77. The molecule has 0 saturated heterocycles. The molecule has 1 aromatic heterocycles. The molecule has 31 heavy (non-hydrogen) atoms. The lowest BCUT2D eigenvalue weighted by molar-refractivity contribution is -0.133. The summed E-state index contributed by atoms with van der Waals surface area (Å²) in [5.74, 6) is 1.19. The topological polar surface area (TPSA) is 64.4 Å². The maximum absolute atomic E-state index is 13.7. The van der Waals surface area contributed by atoms with Crippen LogP contribution in [0, 0.1) is 6.92 Å². The monoisotopic (exact) mass is 421 g/mol. The van der Waals surface area contributed by atoms with Gasteiger partial charge in [0.25, 0.3) is 5.56 Å². The van der Waals surface area contributed by atoms with Gasteiger partial charge in [-0.2, -0.15) is 0 Å². The van der Waals surface area contributed by atoms with Crippen LogP contribution in [0.3, 0.4) is 0 Å². The molecule has 0 aliphatic heterocycles. The molecule has 3 rings (SSSR count). The Morgan fingerprint density at radius 2 is 1.90 bits per heavy atom. The highest BCUT2D eigenvalue weighted by Gasteiger charge is 2.26. The van der Waals surface area contributed by atoms with E-state index in [2.05, 4.69) is 0 Å². The number of carbonyl (C=O) groups excluding carboxylic acids is 1. The summed E-state index contributed by atoms with van der Waals surface area (Å²) in [6.07, 6.45) is 2.07. The van der Waals surface area contributed by atoms with E-state index in [1.807, 2.05) is 69.0 Å². The van der Waals surface area contributed by atoms with E-state index in [0.29, 0.717) is 41.1 Å². The number of methoxy groups -OCH3 is 1. The van der Waals surface area contributed by atoms with Crippen LogP contribution in [0.1, 0.15) is 57.5 Å². The summed E-state index contributed by atoms with van der Waals surface area (Å²) >= 11 is 0. The number of hydrogen-bond donors (Lipinski definition) is 0. The smallest absolute Gasteiger partial charge is 0.266 e. The van der Waals surface area contributed by atoms with Gasteiger partial charge in [-0.25, -0.2) is 4.98 Å². The van der Waals surface area contributed by atoms with E-state index in [-0.39, 0.29) is 17.5 Å². The molecular weight excluding hydrogens is 390 g/mol. The fraction of sp³-hybridized carbons (Fsp3) is 0.400. The summed E-state index contributed by atoms with van der Waals surface area (Å²) in [6.45, 7) is 8.56. The standard InChI is InChI=1S/C25H31N3O3/c1-6-10-23(29)27(15-7-2)18(4)24-26-20-12-9-8-11-19(20)25(30)28(24)21-16-17(3)13-14-22(21)31-5/h8-9,11-14,16,18H,6-7,10,15H2,1-5H3. The number of para-hydroxylation sites is 1. The summed E-state index contributed by atoms with van der Waals surface area (Å²) in [5, 5.41) is 0.531. The van der Waals surface area contributed by atoms with Gasteiger partial charge in [0.15, 0.2) is 0 Å². The molecule has 0 bridgehead atoms. The van der Waals surface area contributed by atoms with Gasteiger partial charge in [0.05, 0.1) is 29.7 Å². The van der Waals surface area contributed by atoms with E-state index >= 15 is 0 Å². The summed E-state index contributed by atoms with van der Waals surface area (Å²) in [5.41, 5.74) is 2.08. The summed E-state index contributed by atoms with van der Waals surface area (Å²) in [6, 6.07) is 12.7. The maximum atomic E-state index is 13.7. The van der Waals surface area contributed by atoms with Gasteiger partial charge < -0.3 is 9.64 Å². The lowest BCUT2D eigenvalue weighted by atomic mass is 10.1. The Bertz CT molecular complexity index is 1140. The van der Waals surface area contributed by atoms with E-state index in [4.69, 9.17) is 9.72 Å². The second-order valence-electron chi connectivity index (χ2n) is 7.82. The van der Waals surface area contributed by atoms with Crippen LogP contribution in [0.2, 0.25) is 0 Å². The van der Waals surface area contributed by atoms with Gasteiger partial charge in [-0.1, -0.05) is 32.0 Å². The Morgan fingerprint density at radius 1 is 1.16 bits per heavy atom. The first-order valence-corrected chi connectivity index (χ1v) is 10.9. The van der Waals surface area contributed by atoms with E-state index in [1.165, 1.54) is 0 Å². The molecule has 0 aliphatic carbocycles. The van der Waals surface area contributed by atoms with E-state index in [0.717, 1.165) is 18.4 Å². The molecule has 2 aromatic carbocycles. The van der Waals surface area contributed by atoms with Crippen molar-refractivity contribution in [1.29, 1.82) is 0 Å². The minimum absolute atomic E-state index is 0.0713. The molecule has 3 aromatic rings. The van der Waals surface area contributed by atoms with Crippen molar-refractivity contribution in [2.24, 2.45) is 0 Å². The number of nitrogens with zero attached hydrogens (tertiary/aromatic N) is 3. The molecule has 1 atom stereocenters. The van der Waals surface area contributed by atoms with Crippen LogP contribution in [0.15, 0.2) is 47.3 Å². The van der Waals surface area contributed by atoms with Crippen LogP contribution in [0.25, 0.3) is 16.6 Å². The van der Waals surface area contributed by atoms with E-state index in [9.17, 15) is 9.59 Å². The van der Waals surface area contributed by atoms with Gasteiger partial charge in [0.2, 0.25) is 5.91 Å². The molecule has 0 fully saturated rings. The third kappa shape index (κ3) is 4.48. The zero-order valence-electron chi connectivity index (χ0n) is 19.0. The Kier molecular flexibility index (Phi) is 7.10. The molecular formula is C25H31N3O3. The first-order chi connectivity index (χ1) is 14.9. The van der Waals surface area contributed by atoms with Crippen molar-refractivity contribution in [3.63, 3.8) is 0 Å². The Hall–Kier alpha value is -3.15. The number of amides is 1. The molecule has 0 aliphatic rings. The van der Waals surface area contributed by atoms with Gasteiger partial charge in [-0.15, -0.1) is 0 Å². The van der Waals surface area contributed by atoms with Crippen molar-refractivity contribution in [1.82, 2.24) is 14.5 Å². The van der Waals surface area contributed by atoms with Gasteiger partial charge in [0, 0.05) is 13.0 Å². The number of ether oxygens (including phenoxy) is 1. The molecule has 164 valence electrons. The number of benzene rings is 2. The number of aryl methyl sites for hydroxylation is 1. The van der Waals surface area contributed by atoms with E-state index < -0.39 is 0 Å². The SMILES string of the molecule is CCCC(=O)N(CCC)C(C)c1nc2ccccc2c(=O)n1-c1cc(C)ccc1OC. The summed E-state index contributed by atoms with van der Waals surface area (Å²) in [7, 11) is 1.59. The van der Waals surface area contributed by atoms with Crippen LogP contribution in [0.4, 0.5) is 0 Å². The number of carbonyl (C=O) groups is 1. The van der Waals surface area contributed by atoms with Crippen molar-refractivity contribution >= 4 is 16.8 Å². The Balaban J connectivity index is 2.32. The van der Waals surface area contributed by atoms with Gasteiger partial charge in [-0.05, 0) is 56.5 Å². The van der Waals surface area contributed by atoms with Gasteiger partial charge >= 0.3 is 0 Å². The molecule has 6 heteroatoms. The fourth-order valence-corrected chi connectivity index (χ4v) is 3.91. The zero-order chi connectivity index (χ0) is 22.5. The van der Waals surface area contributed by atoms with E-state index in [1.54, 1.807) is 17.7 Å². The predicted molar refractivity (Wildman–Crippen MR) is 124 cm³/mol. The van der Waals surface area contributed by atoms with Crippen LogP contribution < -0.4 is 10.3 Å². The lowest BCUT2D eigenvalue weighted by Crippen LogP contribution is -2.38. The van der Waals surface area contributed by atoms with Crippen molar-refractivity contribution in [2.45, 2.75) is 53.0 Å². The molecule has 1 heterocycles. The Morgan fingerprint density at radius 3 is 2.58 bits per heavy atom. The van der Waals surface area contributed by atoms with Crippen molar-refractivity contribution in [3.05, 3.63) is 64.2 Å². The highest BCUT2D eigenvalue weighted by atomic mass is 16.5. The average Bonchev–Trinajstić information content (AvgIpc) is 2.77. The van der Waals surface area contributed by atoms with Crippen LogP contribution in [0.5, 0.6) is 5.75 Å². The number of rotatable bonds is 8. The number of aromatic nitrogens is 2. The number of fused-ring (bicyclic) bond motifs is 1. The summed E-state index contributed by atoms with van der Waals surface area (Å²) in [4.78, 5) is 33.3. The van der Waals surface area contributed by atoms with Crippen molar-refractivity contribution < 1.29 is 9.53 Å². The fourth-order valence-electron chi connectivity index (χ4n) is 3.91. The van der Waals surface area contributed by atoms with Crippen molar-refractivity contribution in [3.8, 4) is 11.4 Å². The molecule has 0 N–H and O–H groups in total. The summed E-state index contributed by atoms with van der Waals surface area (Å²) < 4.78 is 7.19. The molecule has 1 amide bonds. The third-order valence-corrected chi connectivity index (χ3v) is 5.47. The maximum Gasteiger partial charge on any atom is 0.266 e. The molecule has 0 saturated carbocycles. The lowest BCUT2D eigenvalue weighted by Gasteiger charge is -2.30. The van der Waals surface area contributed by atoms with Crippen molar-refractivity contribution in [2.75, 3.05) is 13.7 Å². The first kappa shape index (κ1) is 22.5. The minimum Gasteiger partial charge on any atom is -0.495 e. The predicted octanol–water partition coefficient (Wildman–Crippen LogP) is 4.80.